The molecule has 0 amide bonds. The minimum absolute atomic E-state index is 0.567. The van der Waals surface area contributed by atoms with Gasteiger partial charge < -0.3 is 15.4 Å². The molecule has 0 atom stereocenters. The Bertz CT molecular complexity index is 661. The fourth-order valence-corrected chi connectivity index (χ4v) is 2.88. The molecule has 0 spiro atoms. The molecule has 4 nitrogen and oxygen atoms in total. The fourth-order valence-electron chi connectivity index (χ4n) is 2.88. The first-order valence-electron chi connectivity index (χ1n) is 8.58. The van der Waals surface area contributed by atoms with Crippen molar-refractivity contribution in [2.45, 2.75) is 20.1 Å². The summed E-state index contributed by atoms with van der Waals surface area (Å²) in [6.07, 6.45) is 0. The quantitative estimate of drug-likeness (QED) is 0.858. The molecule has 1 fully saturated rings. The highest BCUT2D eigenvalue weighted by Gasteiger charge is 2.13. The average Bonchev–Trinajstić information content (AvgIpc) is 2.59. The van der Waals surface area contributed by atoms with Crippen molar-refractivity contribution in [3.05, 3.63) is 59.2 Å². The number of hydrogen-bond donors (Lipinski definition) is 1. The van der Waals surface area contributed by atoms with Gasteiger partial charge in [0, 0.05) is 44.5 Å². The zero-order valence-corrected chi connectivity index (χ0v) is 14.7. The average molecular weight is 325 g/mol. The summed E-state index contributed by atoms with van der Waals surface area (Å²) >= 11 is 0. The molecule has 4 heteroatoms. The minimum atomic E-state index is 0.567. The van der Waals surface area contributed by atoms with Crippen LogP contribution in [0.5, 0.6) is 5.75 Å². The van der Waals surface area contributed by atoms with E-state index in [1.165, 1.54) is 11.1 Å². The molecule has 2 N–H and O–H groups in total. The molecule has 0 unspecified atom stereocenters. The van der Waals surface area contributed by atoms with E-state index in [4.69, 9.17) is 10.5 Å². The number of aryl methyl sites for hydroxylation is 1. The summed E-state index contributed by atoms with van der Waals surface area (Å²) in [5.74, 6) is 0.819. The first-order chi connectivity index (χ1) is 11.6. The predicted octanol–water partition coefficient (Wildman–Crippen LogP) is 2.90. The van der Waals surface area contributed by atoms with Gasteiger partial charge in [-0.3, -0.25) is 4.90 Å². The third-order valence-corrected chi connectivity index (χ3v) is 4.68. The molecule has 2 aromatic carbocycles. The van der Waals surface area contributed by atoms with Crippen LogP contribution in [0.15, 0.2) is 42.5 Å². The number of nitrogens with zero attached hydrogens (tertiary/aromatic N) is 2. The Hall–Kier alpha value is -2.04. The van der Waals surface area contributed by atoms with Crippen LogP contribution in [0.25, 0.3) is 0 Å². The van der Waals surface area contributed by atoms with Gasteiger partial charge in [-0.1, -0.05) is 30.3 Å². The van der Waals surface area contributed by atoms with Crippen molar-refractivity contribution in [2.24, 2.45) is 0 Å². The molecule has 0 saturated carbocycles. The number of nitrogen functional groups attached to an aromatic ring is 1. The molecule has 1 aliphatic rings. The molecule has 1 aliphatic heterocycles. The SMILES string of the molecule is Cc1ccc(OCc2ccc(CN3CCN(C)CC3)cc2)cc1N. The van der Waals surface area contributed by atoms with Crippen molar-refractivity contribution >= 4 is 5.69 Å². The van der Waals surface area contributed by atoms with Gasteiger partial charge in [0.15, 0.2) is 0 Å². The van der Waals surface area contributed by atoms with E-state index in [0.29, 0.717) is 6.61 Å². The first kappa shape index (κ1) is 16.8. The van der Waals surface area contributed by atoms with Crippen molar-refractivity contribution in [1.82, 2.24) is 9.80 Å². The van der Waals surface area contributed by atoms with Crippen LogP contribution in [0, 0.1) is 6.92 Å². The van der Waals surface area contributed by atoms with Gasteiger partial charge in [0.05, 0.1) is 0 Å². The summed E-state index contributed by atoms with van der Waals surface area (Å²) in [4.78, 5) is 4.90. The Morgan fingerprint density at radius 3 is 2.29 bits per heavy atom. The molecule has 0 radical (unpaired) electrons. The van der Waals surface area contributed by atoms with Gasteiger partial charge in [0.1, 0.15) is 12.4 Å². The summed E-state index contributed by atoms with van der Waals surface area (Å²) in [7, 11) is 2.19. The maximum Gasteiger partial charge on any atom is 0.121 e. The van der Waals surface area contributed by atoms with Gasteiger partial charge in [-0.2, -0.15) is 0 Å². The topological polar surface area (TPSA) is 41.7 Å². The molecule has 3 rings (SSSR count). The van der Waals surface area contributed by atoms with E-state index in [2.05, 4.69) is 41.1 Å². The van der Waals surface area contributed by atoms with Crippen LogP contribution >= 0.6 is 0 Å². The van der Waals surface area contributed by atoms with Gasteiger partial charge in [-0.25, -0.2) is 0 Å². The third-order valence-electron chi connectivity index (χ3n) is 4.68. The van der Waals surface area contributed by atoms with Crippen LogP contribution in [0.1, 0.15) is 16.7 Å². The summed E-state index contributed by atoms with van der Waals surface area (Å²) in [6.45, 7) is 8.21. The molecule has 0 bridgehead atoms. The lowest BCUT2D eigenvalue weighted by Crippen LogP contribution is -2.43. The number of ether oxygens (including phenoxy) is 1. The van der Waals surface area contributed by atoms with E-state index in [9.17, 15) is 0 Å². The Morgan fingerprint density at radius 2 is 1.62 bits per heavy atom. The van der Waals surface area contributed by atoms with Crippen LogP contribution in [0.2, 0.25) is 0 Å². The number of benzene rings is 2. The normalized spacial score (nSPS) is 16.2. The lowest BCUT2D eigenvalue weighted by molar-refractivity contribution is 0.148. The van der Waals surface area contributed by atoms with Crippen molar-refractivity contribution < 1.29 is 4.74 Å². The van der Waals surface area contributed by atoms with Gasteiger partial charge in [-0.05, 0) is 36.7 Å². The molecule has 0 aliphatic carbocycles. The maximum absolute atomic E-state index is 5.92. The lowest BCUT2D eigenvalue weighted by atomic mass is 10.1. The fraction of sp³-hybridized carbons (Fsp3) is 0.400. The van der Waals surface area contributed by atoms with Crippen LogP contribution in [-0.2, 0) is 13.2 Å². The summed E-state index contributed by atoms with van der Waals surface area (Å²) < 4.78 is 5.83. The highest BCUT2D eigenvalue weighted by Crippen LogP contribution is 2.20. The highest BCUT2D eigenvalue weighted by molar-refractivity contribution is 5.50. The van der Waals surface area contributed by atoms with E-state index in [1.54, 1.807) is 0 Å². The monoisotopic (exact) mass is 325 g/mol. The Labute approximate surface area is 144 Å². The Kier molecular flexibility index (Phi) is 5.38. The van der Waals surface area contributed by atoms with E-state index < -0.39 is 0 Å². The molecule has 24 heavy (non-hydrogen) atoms. The second kappa shape index (κ2) is 7.69. The number of likely N-dealkylation sites (N-methyl/N-ethyl adjacent to an activating group) is 1. The standard InChI is InChI=1S/C20H27N3O/c1-16-3-8-19(13-20(16)21)24-15-18-6-4-17(5-7-18)14-23-11-9-22(2)10-12-23/h3-8,13H,9-12,14-15,21H2,1-2H3. The zero-order chi connectivity index (χ0) is 16.9. The molecule has 0 aromatic heterocycles. The van der Waals surface area contributed by atoms with E-state index >= 15 is 0 Å². The zero-order valence-electron chi connectivity index (χ0n) is 14.7. The molecular weight excluding hydrogens is 298 g/mol. The van der Waals surface area contributed by atoms with Gasteiger partial charge >= 0.3 is 0 Å². The van der Waals surface area contributed by atoms with E-state index in [-0.39, 0.29) is 0 Å². The predicted molar refractivity (Wildman–Crippen MR) is 99.1 cm³/mol. The van der Waals surface area contributed by atoms with Crippen LogP contribution in [0.3, 0.4) is 0 Å². The van der Waals surface area contributed by atoms with Crippen molar-refractivity contribution in [3.8, 4) is 5.75 Å². The van der Waals surface area contributed by atoms with Crippen molar-refractivity contribution in [1.29, 1.82) is 0 Å². The number of nitrogens with two attached hydrogens (primary N) is 1. The summed E-state index contributed by atoms with van der Waals surface area (Å²) in [5, 5.41) is 0. The number of hydrogen-bond acceptors (Lipinski definition) is 4. The minimum Gasteiger partial charge on any atom is -0.489 e. The van der Waals surface area contributed by atoms with E-state index in [0.717, 1.165) is 49.7 Å². The first-order valence-corrected chi connectivity index (χ1v) is 8.58. The Morgan fingerprint density at radius 1 is 0.958 bits per heavy atom. The van der Waals surface area contributed by atoms with Gasteiger partial charge in [-0.15, -0.1) is 0 Å². The van der Waals surface area contributed by atoms with Crippen LogP contribution in [0.4, 0.5) is 5.69 Å². The number of anilines is 1. The molecule has 1 heterocycles. The Balaban J connectivity index is 1.51. The third kappa shape index (κ3) is 4.49. The molecule has 2 aromatic rings. The van der Waals surface area contributed by atoms with Gasteiger partial charge in [0.2, 0.25) is 0 Å². The molecular formula is C20H27N3O. The molecule has 1 saturated heterocycles. The van der Waals surface area contributed by atoms with Crippen LogP contribution in [-0.4, -0.2) is 43.0 Å². The lowest BCUT2D eigenvalue weighted by Gasteiger charge is -2.32. The van der Waals surface area contributed by atoms with Crippen LogP contribution < -0.4 is 10.5 Å². The summed E-state index contributed by atoms with van der Waals surface area (Å²) in [6, 6.07) is 14.6. The maximum atomic E-state index is 5.92. The number of rotatable bonds is 5. The van der Waals surface area contributed by atoms with E-state index in [1.807, 2.05) is 25.1 Å². The molecule has 128 valence electrons. The highest BCUT2D eigenvalue weighted by atomic mass is 16.5. The second-order valence-corrected chi connectivity index (χ2v) is 6.70. The second-order valence-electron chi connectivity index (χ2n) is 6.70. The van der Waals surface area contributed by atoms with Crippen molar-refractivity contribution in [2.75, 3.05) is 39.0 Å². The van der Waals surface area contributed by atoms with Crippen molar-refractivity contribution in [3.63, 3.8) is 0 Å². The largest absolute Gasteiger partial charge is 0.489 e. The summed E-state index contributed by atoms with van der Waals surface area (Å²) in [5.41, 5.74) is 10.3. The number of piperazine rings is 1. The smallest absolute Gasteiger partial charge is 0.121 e. The van der Waals surface area contributed by atoms with Gasteiger partial charge in [0.25, 0.3) is 0 Å².